The van der Waals surface area contributed by atoms with E-state index in [1.807, 2.05) is 20.8 Å². The molecule has 0 heterocycles. The molecule has 0 radical (unpaired) electrons. The van der Waals surface area contributed by atoms with E-state index in [9.17, 15) is 0 Å². The molecule has 7 heteroatoms. The molecule has 0 bridgehead atoms. The minimum Gasteiger partial charge on any atom is -0.0656 e. The fourth-order valence-corrected chi connectivity index (χ4v) is 38.5. The number of rotatable bonds is 10. The molecule has 0 saturated heterocycles. The van der Waals surface area contributed by atoms with Gasteiger partial charge in [-0.25, -0.2) is 0 Å². The lowest BCUT2D eigenvalue weighted by molar-refractivity contribution is 0.852. The molecular formula is C48H82Si7. The fourth-order valence-electron chi connectivity index (χ4n) is 10.8. The maximum absolute atomic E-state index is 3.17. The first kappa shape index (κ1) is 46.3. The largest absolute Gasteiger partial charge is 0.175 e. The molecule has 302 valence electrons. The summed E-state index contributed by atoms with van der Waals surface area (Å²) in [6, 6.07) is 15.8. The Labute approximate surface area is 348 Å². The van der Waals surface area contributed by atoms with Crippen LogP contribution in [0.25, 0.3) is 0 Å². The van der Waals surface area contributed by atoms with Gasteiger partial charge >= 0.3 is 0 Å². The molecule has 1 aliphatic carbocycles. The van der Waals surface area contributed by atoms with Crippen molar-refractivity contribution in [3.05, 3.63) is 75.0 Å². The number of allylic oxidation sites excluding steroid dienone is 4. The molecule has 0 saturated carbocycles. The smallest absolute Gasteiger partial charge is 0.0656 e. The Hall–Kier alpha value is -1.34. The molecule has 3 aromatic rings. The van der Waals surface area contributed by atoms with Gasteiger partial charge in [-0.2, -0.15) is 0 Å². The first-order valence-corrected chi connectivity index (χ1v) is 44.4. The zero-order valence-electron chi connectivity index (χ0n) is 40.5. The van der Waals surface area contributed by atoms with Crippen molar-refractivity contribution >= 4 is 103 Å². The van der Waals surface area contributed by atoms with Crippen LogP contribution in [0.2, 0.25) is 118 Å². The van der Waals surface area contributed by atoms with Gasteiger partial charge in [0.05, 0.1) is 48.4 Å². The minimum atomic E-state index is -3.17. The van der Waals surface area contributed by atoms with Crippen LogP contribution in [0.1, 0.15) is 44.4 Å². The van der Waals surface area contributed by atoms with Crippen LogP contribution < -0.4 is 46.7 Å². The standard InChI is InChI=1S/C48H82Si7/c1-32-26-29-39(49(8,9)10)46(42(32)52(17,18)19)55(45-37(6)35(4)36(5)38(45)7,47-40(50(11,12)13)30-27-33(2)43(47)53(20,21)22)48-41(51(14,15)16)31-28-34(3)44(48)54(23,24)25/h26-31,37H,1-25H3. The van der Waals surface area contributed by atoms with Crippen LogP contribution in [0.4, 0.5) is 0 Å². The highest BCUT2D eigenvalue weighted by molar-refractivity contribution is 7.27. The van der Waals surface area contributed by atoms with E-state index in [0.717, 1.165) is 0 Å². The van der Waals surface area contributed by atoms with E-state index in [2.05, 4.69) is 203 Å². The summed E-state index contributed by atoms with van der Waals surface area (Å²) >= 11 is 0. The summed E-state index contributed by atoms with van der Waals surface area (Å²) in [6.07, 6.45) is 0. The first-order valence-electron chi connectivity index (χ1n) is 21.4. The van der Waals surface area contributed by atoms with Crippen LogP contribution >= 0.6 is 0 Å². The normalized spacial score (nSPS) is 16.9. The second kappa shape index (κ2) is 14.7. The lowest BCUT2D eigenvalue weighted by atomic mass is 10.1. The molecule has 0 spiro atoms. The number of aryl methyl sites for hydroxylation is 3. The van der Waals surface area contributed by atoms with E-state index in [0.29, 0.717) is 5.92 Å². The second-order valence-electron chi connectivity index (χ2n) is 23.9. The maximum atomic E-state index is 2.70. The van der Waals surface area contributed by atoms with Gasteiger partial charge in [-0.3, -0.25) is 0 Å². The van der Waals surface area contributed by atoms with Crippen molar-refractivity contribution in [1.82, 2.24) is 0 Å². The summed E-state index contributed by atoms with van der Waals surface area (Å²) in [7, 11) is -14.8. The molecule has 3 aromatic carbocycles. The summed E-state index contributed by atoms with van der Waals surface area (Å²) in [5.41, 5.74) is 9.43. The van der Waals surface area contributed by atoms with Crippen LogP contribution in [0, 0.1) is 26.7 Å². The quantitative estimate of drug-likeness (QED) is 0.141. The third-order valence-corrected chi connectivity index (χ3v) is 32.5. The van der Waals surface area contributed by atoms with Gasteiger partial charge in [-0.15, -0.1) is 0 Å². The lowest BCUT2D eigenvalue weighted by Crippen LogP contribution is -2.90. The Bertz CT molecular complexity index is 1870. The van der Waals surface area contributed by atoms with Gasteiger partial charge in [0.15, 0.2) is 8.07 Å². The molecular weight excluding hydrogens is 773 g/mol. The van der Waals surface area contributed by atoms with Gasteiger partial charge in [0.25, 0.3) is 0 Å². The molecule has 0 amide bonds. The third-order valence-electron chi connectivity index (χ3n) is 13.1. The van der Waals surface area contributed by atoms with Crippen molar-refractivity contribution in [2.45, 2.75) is 166 Å². The van der Waals surface area contributed by atoms with Crippen molar-refractivity contribution in [3.63, 3.8) is 0 Å². The molecule has 1 aliphatic rings. The van der Waals surface area contributed by atoms with Gasteiger partial charge in [0.2, 0.25) is 0 Å². The average Bonchev–Trinajstić information content (AvgIpc) is 3.16. The number of benzene rings is 3. The van der Waals surface area contributed by atoms with Crippen LogP contribution in [0.15, 0.2) is 58.3 Å². The summed E-state index contributed by atoms with van der Waals surface area (Å²) in [5.74, 6) is 0.394. The zero-order valence-corrected chi connectivity index (χ0v) is 47.5. The van der Waals surface area contributed by atoms with Gasteiger partial charge in [0.1, 0.15) is 0 Å². The predicted molar refractivity (Wildman–Crippen MR) is 276 cm³/mol. The molecule has 4 rings (SSSR count). The summed E-state index contributed by atoms with van der Waals surface area (Å²) in [4.78, 5) is 0. The Morgan fingerprint density at radius 1 is 0.327 bits per heavy atom. The molecule has 55 heavy (non-hydrogen) atoms. The molecule has 1 unspecified atom stereocenters. The fraction of sp³-hybridized carbons (Fsp3) is 0.542. The van der Waals surface area contributed by atoms with Gasteiger partial charge in [-0.1, -0.05) is 225 Å². The van der Waals surface area contributed by atoms with Crippen LogP contribution in [-0.4, -0.2) is 56.5 Å². The van der Waals surface area contributed by atoms with Crippen LogP contribution in [-0.2, 0) is 0 Å². The SMILES string of the molecule is CC1=C(C)C(C)C([Si](c2c([Si](C)(C)C)ccc(C)c2[Si](C)(C)C)(c2c([Si](C)(C)C)ccc(C)c2[Si](C)(C)C)c2c([Si](C)(C)C)ccc(C)c2[Si](C)(C)C)=C1C. The van der Waals surface area contributed by atoms with Crippen molar-refractivity contribution in [2.24, 2.45) is 5.92 Å². The van der Waals surface area contributed by atoms with Gasteiger partial charge < -0.3 is 0 Å². The highest BCUT2D eigenvalue weighted by Crippen LogP contribution is 2.42. The molecule has 0 fully saturated rings. The molecule has 1 atom stereocenters. The van der Waals surface area contributed by atoms with E-state index in [1.54, 1.807) is 64.5 Å². The average molecular weight is 856 g/mol. The highest BCUT2D eigenvalue weighted by atomic mass is 28.3. The predicted octanol–water partition coefficient (Wildman–Crippen LogP) is 9.20. The highest BCUT2D eigenvalue weighted by Gasteiger charge is 2.58. The van der Waals surface area contributed by atoms with E-state index in [4.69, 9.17) is 0 Å². The third kappa shape index (κ3) is 8.04. The van der Waals surface area contributed by atoms with Crippen LogP contribution in [0.3, 0.4) is 0 Å². The topological polar surface area (TPSA) is 0 Å². The van der Waals surface area contributed by atoms with E-state index in [1.165, 1.54) is 0 Å². The van der Waals surface area contributed by atoms with Gasteiger partial charge in [0, 0.05) is 0 Å². The maximum Gasteiger partial charge on any atom is 0.175 e. The van der Waals surface area contributed by atoms with E-state index >= 15 is 0 Å². The Morgan fingerprint density at radius 2 is 0.582 bits per heavy atom. The Balaban J connectivity index is 2.88. The number of hydrogen-bond acceptors (Lipinski definition) is 0. The van der Waals surface area contributed by atoms with Crippen molar-refractivity contribution in [1.29, 1.82) is 0 Å². The monoisotopic (exact) mass is 854 g/mol. The van der Waals surface area contributed by atoms with Crippen molar-refractivity contribution < 1.29 is 0 Å². The summed E-state index contributed by atoms with van der Waals surface area (Å²) < 4.78 is 0. The Morgan fingerprint density at radius 3 is 0.764 bits per heavy atom. The zero-order chi connectivity index (χ0) is 42.6. The van der Waals surface area contributed by atoms with Crippen molar-refractivity contribution in [2.75, 3.05) is 0 Å². The number of hydrogen-bond donors (Lipinski definition) is 0. The van der Waals surface area contributed by atoms with Crippen molar-refractivity contribution in [3.8, 4) is 0 Å². The molecule has 0 nitrogen and oxygen atoms in total. The first-order chi connectivity index (χ1) is 24.5. The summed E-state index contributed by atoms with van der Waals surface area (Å²) in [6.45, 7) is 65.9. The molecule has 0 aliphatic heterocycles. The van der Waals surface area contributed by atoms with Gasteiger partial charge in [-0.05, 0) is 68.6 Å². The van der Waals surface area contributed by atoms with E-state index < -0.39 is 56.5 Å². The summed E-state index contributed by atoms with van der Waals surface area (Å²) in [5, 5.41) is 18.1. The lowest BCUT2D eigenvalue weighted by Gasteiger charge is -2.51. The molecule has 0 N–H and O–H groups in total. The van der Waals surface area contributed by atoms with Crippen LogP contribution in [0.5, 0.6) is 0 Å². The minimum absolute atomic E-state index is 0.394. The second-order valence-corrected chi connectivity index (χ2v) is 57.5. The molecule has 0 aromatic heterocycles. The van der Waals surface area contributed by atoms with E-state index in [-0.39, 0.29) is 0 Å². The Kier molecular flexibility index (Phi) is 12.4.